The summed E-state index contributed by atoms with van der Waals surface area (Å²) in [6.45, 7) is 4.32. The summed E-state index contributed by atoms with van der Waals surface area (Å²) in [6, 6.07) is 21.5. The monoisotopic (exact) mass is 552 g/mol. The molecule has 3 atom stereocenters. The summed E-state index contributed by atoms with van der Waals surface area (Å²) >= 11 is 1.48. The normalized spacial score (nSPS) is 23.2. The second-order valence-corrected chi connectivity index (χ2v) is 14.0. The number of aliphatic carboxylic acids is 1. The molecule has 0 bridgehead atoms. The highest BCUT2D eigenvalue weighted by Gasteiger charge is 2.48. The second-order valence-electron chi connectivity index (χ2n) is 10.4. The number of carbonyl (C=O) groups is 1. The van der Waals surface area contributed by atoms with Gasteiger partial charge in [0.15, 0.2) is 0 Å². The molecule has 3 aromatic carbocycles. The van der Waals surface area contributed by atoms with Gasteiger partial charge in [-0.05, 0) is 53.8 Å². The third-order valence-corrected chi connectivity index (χ3v) is 10.7. The Hall–Kier alpha value is -2.69. The summed E-state index contributed by atoms with van der Waals surface area (Å²) < 4.78 is 27.2. The number of carboxylic acids is 1. The number of aliphatic hydroxyl groups is 1. The highest BCUT2D eigenvalue weighted by molar-refractivity contribution is 8.00. The molecular weight excluding hydrogens is 520 g/mol. The fourth-order valence-electron chi connectivity index (χ4n) is 5.45. The van der Waals surface area contributed by atoms with Gasteiger partial charge in [0.1, 0.15) is 6.04 Å². The minimum absolute atomic E-state index is 0.0893. The van der Waals surface area contributed by atoms with Gasteiger partial charge < -0.3 is 15.5 Å². The standard InChI is InChI=1S/C29H32N2O5S2/c1-29(2)27(28(33)34)31(15-16-37-29)38(35,36)23-13-11-21(12-14-23)20-9-7-19(8-10-20)18-30-26-24-6-4-3-5-22(24)17-25(26)32/h3-14,25-27,30,32H,15-18H2,1-2H3,(H,33,34)/t25?,26-,27?/m0/s1. The molecule has 3 N–H and O–H groups in total. The average molecular weight is 553 g/mol. The van der Waals surface area contributed by atoms with E-state index in [1.807, 2.05) is 36.4 Å². The van der Waals surface area contributed by atoms with Crippen LogP contribution >= 0.6 is 11.8 Å². The van der Waals surface area contributed by atoms with E-state index in [1.165, 1.54) is 17.3 Å². The van der Waals surface area contributed by atoms with E-state index in [0.717, 1.165) is 26.6 Å². The second kappa shape index (κ2) is 10.5. The van der Waals surface area contributed by atoms with Crippen LogP contribution in [0.5, 0.6) is 0 Å². The molecule has 3 aromatic rings. The zero-order valence-corrected chi connectivity index (χ0v) is 23.0. The van der Waals surface area contributed by atoms with Crippen LogP contribution in [-0.4, -0.2) is 58.1 Å². The Labute approximate surface area is 227 Å². The summed E-state index contributed by atoms with van der Waals surface area (Å²) in [4.78, 5) is 12.1. The van der Waals surface area contributed by atoms with E-state index >= 15 is 0 Å². The number of benzene rings is 3. The maximum absolute atomic E-state index is 13.4. The molecule has 1 heterocycles. The lowest BCUT2D eigenvalue weighted by Gasteiger charge is -2.42. The summed E-state index contributed by atoms with van der Waals surface area (Å²) in [5.41, 5.74) is 5.22. The average Bonchev–Trinajstić information content (AvgIpc) is 3.21. The van der Waals surface area contributed by atoms with Gasteiger partial charge in [-0.2, -0.15) is 16.1 Å². The Morgan fingerprint density at radius 1 is 1.03 bits per heavy atom. The van der Waals surface area contributed by atoms with Crippen molar-refractivity contribution in [3.63, 3.8) is 0 Å². The third-order valence-electron chi connectivity index (χ3n) is 7.44. The van der Waals surface area contributed by atoms with Crippen LogP contribution in [-0.2, 0) is 27.8 Å². The first-order valence-electron chi connectivity index (χ1n) is 12.7. The molecule has 0 amide bonds. The Balaban J connectivity index is 1.28. The SMILES string of the molecule is CC1(C)SCCN(S(=O)(=O)c2ccc(-c3ccc(CN[C@H]4c5ccccc5CC4O)cc3)cc2)C1C(=O)O. The number of hydrogen-bond donors (Lipinski definition) is 3. The summed E-state index contributed by atoms with van der Waals surface area (Å²) in [6.07, 6.45) is 0.214. The van der Waals surface area contributed by atoms with Crippen LogP contribution in [0.1, 0.15) is 36.6 Å². The van der Waals surface area contributed by atoms with E-state index in [4.69, 9.17) is 0 Å². The smallest absolute Gasteiger partial charge is 0.323 e. The summed E-state index contributed by atoms with van der Waals surface area (Å²) in [7, 11) is -3.96. The number of carboxylic acid groups (broad SMARTS) is 1. The zero-order chi connectivity index (χ0) is 27.1. The highest BCUT2D eigenvalue weighted by atomic mass is 32.2. The van der Waals surface area contributed by atoms with Crippen LogP contribution in [0.25, 0.3) is 11.1 Å². The van der Waals surface area contributed by atoms with Gasteiger partial charge in [0.05, 0.1) is 17.0 Å². The maximum Gasteiger partial charge on any atom is 0.323 e. The van der Waals surface area contributed by atoms with Crippen LogP contribution in [0.2, 0.25) is 0 Å². The molecule has 0 radical (unpaired) electrons. The van der Waals surface area contributed by atoms with Crippen LogP contribution in [0.15, 0.2) is 77.7 Å². The van der Waals surface area contributed by atoms with E-state index in [-0.39, 0.29) is 17.5 Å². The molecule has 1 saturated heterocycles. The van der Waals surface area contributed by atoms with Crippen molar-refractivity contribution in [1.82, 2.24) is 9.62 Å². The predicted octanol–water partition coefficient (Wildman–Crippen LogP) is 4.07. The topological polar surface area (TPSA) is 107 Å². The van der Waals surface area contributed by atoms with E-state index in [2.05, 4.69) is 17.4 Å². The molecule has 2 unspecified atom stereocenters. The van der Waals surface area contributed by atoms with Crippen molar-refractivity contribution in [3.8, 4) is 11.1 Å². The Morgan fingerprint density at radius 3 is 2.32 bits per heavy atom. The van der Waals surface area contributed by atoms with Crippen molar-refractivity contribution in [2.75, 3.05) is 12.3 Å². The first kappa shape index (κ1) is 26.9. The molecule has 0 spiro atoms. The van der Waals surface area contributed by atoms with Crippen LogP contribution in [0.4, 0.5) is 0 Å². The van der Waals surface area contributed by atoms with Crippen molar-refractivity contribution >= 4 is 27.8 Å². The predicted molar refractivity (Wildman–Crippen MR) is 149 cm³/mol. The van der Waals surface area contributed by atoms with Gasteiger partial charge in [-0.3, -0.25) is 4.79 Å². The fraction of sp³-hybridized carbons (Fsp3) is 0.345. The van der Waals surface area contributed by atoms with E-state index in [9.17, 15) is 23.4 Å². The van der Waals surface area contributed by atoms with Crippen molar-refractivity contribution in [2.45, 2.75) is 54.6 Å². The molecule has 38 heavy (non-hydrogen) atoms. The van der Waals surface area contributed by atoms with Gasteiger partial charge in [0, 0.05) is 30.0 Å². The number of hydrogen-bond acceptors (Lipinski definition) is 6. The zero-order valence-electron chi connectivity index (χ0n) is 21.4. The molecular formula is C29H32N2O5S2. The fourth-order valence-corrected chi connectivity index (χ4v) is 8.55. The molecule has 0 saturated carbocycles. The first-order valence-corrected chi connectivity index (χ1v) is 15.1. The minimum atomic E-state index is -3.96. The number of nitrogens with one attached hydrogen (secondary N) is 1. The first-order chi connectivity index (χ1) is 18.1. The molecule has 1 fully saturated rings. The number of fused-ring (bicyclic) bond motifs is 1. The van der Waals surface area contributed by atoms with Gasteiger partial charge >= 0.3 is 5.97 Å². The van der Waals surface area contributed by atoms with Crippen molar-refractivity contribution in [3.05, 3.63) is 89.5 Å². The third kappa shape index (κ3) is 5.13. The molecule has 9 heteroatoms. The lowest BCUT2D eigenvalue weighted by Crippen LogP contribution is -2.58. The van der Waals surface area contributed by atoms with Gasteiger partial charge in [0.2, 0.25) is 10.0 Å². The molecule has 1 aliphatic heterocycles. The van der Waals surface area contributed by atoms with E-state index < -0.39 is 32.9 Å². The summed E-state index contributed by atoms with van der Waals surface area (Å²) in [5.74, 6) is -0.592. The Kier molecular flexibility index (Phi) is 7.41. The lowest BCUT2D eigenvalue weighted by molar-refractivity contribution is -0.142. The van der Waals surface area contributed by atoms with E-state index in [0.29, 0.717) is 18.7 Å². The van der Waals surface area contributed by atoms with Crippen LogP contribution in [0, 0.1) is 0 Å². The number of nitrogens with zero attached hydrogens (tertiary/aromatic N) is 1. The van der Waals surface area contributed by atoms with Crippen molar-refractivity contribution < 1.29 is 23.4 Å². The van der Waals surface area contributed by atoms with Crippen LogP contribution < -0.4 is 5.32 Å². The molecule has 200 valence electrons. The largest absolute Gasteiger partial charge is 0.480 e. The van der Waals surface area contributed by atoms with Crippen molar-refractivity contribution in [1.29, 1.82) is 0 Å². The molecule has 5 rings (SSSR count). The van der Waals surface area contributed by atoms with Gasteiger partial charge in [0.25, 0.3) is 0 Å². The van der Waals surface area contributed by atoms with Crippen LogP contribution in [0.3, 0.4) is 0 Å². The highest BCUT2D eigenvalue weighted by Crippen LogP contribution is 2.38. The molecule has 2 aliphatic rings. The Bertz CT molecular complexity index is 1420. The minimum Gasteiger partial charge on any atom is -0.480 e. The number of sulfonamides is 1. The number of aliphatic hydroxyl groups excluding tert-OH is 1. The lowest BCUT2D eigenvalue weighted by atomic mass is 10.0. The van der Waals surface area contributed by atoms with E-state index in [1.54, 1.807) is 38.1 Å². The maximum atomic E-state index is 13.4. The van der Waals surface area contributed by atoms with Gasteiger partial charge in [-0.15, -0.1) is 0 Å². The van der Waals surface area contributed by atoms with Crippen molar-refractivity contribution in [2.24, 2.45) is 0 Å². The molecule has 7 nitrogen and oxygen atoms in total. The number of thioether (sulfide) groups is 1. The number of rotatable bonds is 7. The van der Waals surface area contributed by atoms with Gasteiger partial charge in [-0.1, -0.05) is 60.7 Å². The molecule has 1 aliphatic carbocycles. The summed E-state index contributed by atoms with van der Waals surface area (Å²) in [5, 5.41) is 23.7. The Morgan fingerprint density at radius 2 is 1.66 bits per heavy atom. The van der Waals surface area contributed by atoms with Gasteiger partial charge in [-0.25, -0.2) is 8.42 Å². The molecule has 0 aromatic heterocycles. The quantitative estimate of drug-likeness (QED) is 0.406.